The van der Waals surface area contributed by atoms with Crippen molar-refractivity contribution in [2.75, 3.05) is 0 Å². The fraction of sp³-hybridized carbons (Fsp3) is 0.118. The number of aromatic nitrogens is 2. The van der Waals surface area contributed by atoms with Crippen LogP contribution in [-0.4, -0.2) is 14.5 Å². The predicted molar refractivity (Wildman–Crippen MR) is 80.0 cm³/mol. The highest BCUT2D eigenvalue weighted by molar-refractivity contribution is 6.01. The number of para-hydroxylation sites is 1. The Kier molecular flexibility index (Phi) is 2.32. The van der Waals surface area contributed by atoms with Crippen LogP contribution < -0.4 is 0 Å². The summed E-state index contributed by atoms with van der Waals surface area (Å²) in [5.41, 5.74) is 5.16. The van der Waals surface area contributed by atoms with E-state index < -0.39 is 6.10 Å². The summed E-state index contributed by atoms with van der Waals surface area (Å²) in [6.45, 7) is 1.77. The highest BCUT2D eigenvalue weighted by atomic mass is 16.3. The number of fused-ring (bicyclic) bond motifs is 5. The van der Waals surface area contributed by atoms with E-state index in [2.05, 4.69) is 12.1 Å². The molecule has 0 spiro atoms. The zero-order chi connectivity index (χ0) is 13.7. The summed E-state index contributed by atoms with van der Waals surface area (Å²) in [5.74, 6) is 0. The van der Waals surface area contributed by atoms with Gasteiger partial charge >= 0.3 is 0 Å². The van der Waals surface area contributed by atoms with Gasteiger partial charge in [-0.15, -0.1) is 0 Å². The zero-order valence-corrected chi connectivity index (χ0v) is 11.1. The Labute approximate surface area is 116 Å². The summed E-state index contributed by atoms with van der Waals surface area (Å²) >= 11 is 0. The fourth-order valence-corrected chi connectivity index (χ4v) is 2.73. The normalized spacial score (nSPS) is 13.3. The molecule has 0 aliphatic carbocycles. The maximum Gasteiger partial charge on any atom is 0.0956 e. The van der Waals surface area contributed by atoms with E-state index in [1.54, 1.807) is 6.92 Å². The minimum absolute atomic E-state index is 0.464. The monoisotopic (exact) mass is 262 g/mol. The van der Waals surface area contributed by atoms with E-state index in [1.165, 1.54) is 10.9 Å². The third kappa shape index (κ3) is 1.53. The highest BCUT2D eigenvalue weighted by Gasteiger charge is 2.14. The van der Waals surface area contributed by atoms with Gasteiger partial charge in [0.25, 0.3) is 0 Å². The Balaban J connectivity index is 2.10. The molecule has 3 heterocycles. The number of aliphatic hydroxyl groups excluding tert-OH is 1. The molecule has 20 heavy (non-hydrogen) atoms. The number of hydrogen-bond donors (Lipinski definition) is 1. The summed E-state index contributed by atoms with van der Waals surface area (Å²) < 4.78 is 2.02. The Morgan fingerprint density at radius 2 is 1.95 bits per heavy atom. The van der Waals surface area contributed by atoms with Gasteiger partial charge in [0.2, 0.25) is 0 Å². The summed E-state index contributed by atoms with van der Waals surface area (Å²) in [7, 11) is 0. The molecule has 1 atom stereocenters. The molecule has 0 bridgehead atoms. The van der Waals surface area contributed by atoms with E-state index in [0.29, 0.717) is 0 Å². The molecule has 0 saturated carbocycles. The minimum atomic E-state index is -0.464. The van der Waals surface area contributed by atoms with Gasteiger partial charge in [-0.3, -0.25) is 0 Å². The molecule has 2 aromatic rings. The van der Waals surface area contributed by atoms with Gasteiger partial charge in [-0.2, -0.15) is 0 Å². The number of hydrogen-bond acceptors (Lipinski definition) is 2. The Morgan fingerprint density at radius 3 is 2.80 bits per heavy atom. The molecule has 3 nitrogen and oxygen atoms in total. The van der Waals surface area contributed by atoms with Gasteiger partial charge in [-0.05, 0) is 30.7 Å². The number of rotatable bonds is 1. The van der Waals surface area contributed by atoms with E-state index in [4.69, 9.17) is 4.98 Å². The van der Waals surface area contributed by atoms with Crippen LogP contribution in [0.2, 0.25) is 0 Å². The van der Waals surface area contributed by atoms with E-state index in [1.807, 2.05) is 47.1 Å². The van der Waals surface area contributed by atoms with Gasteiger partial charge in [0.05, 0.1) is 22.8 Å². The summed E-state index contributed by atoms with van der Waals surface area (Å²) in [6.07, 6.45) is 3.52. The highest BCUT2D eigenvalue weighted by Crippen LogP contribution is 2.34. The lowest BCUT2D eigenvalue weighted by molar-refractivity contribution is 0.199. The SMILES string of the molecule is CC(O)c1ccc2c3nc4ccccc4c-3ccn2c1. The van der Waals surface area contributed by atoms with Crippen molar-refractivity contribution < 1.29 is 5.11 Å². The summed E-state index contributed by atoms with van der Waals surface area (Å²) in [4.78, 5) is 4.73. The van der Waals surface area contributed by atoms with Crippen molar-refractivity contribution in [2.24, 2.45) is 0 Å². The standard InChI is InChI=1S/C17H14N2O/c1-11(20)12-6-7-16-17-14(8-9-19(16)10-12)13-4-2-3-5-15(13)18-17/h2-11,20H,1H3. The van der Waals surface area contributed by atoms with Crippen LogP contribution in [0.4, 0.5) is 0 Å². The second kappa shape index (κ2) is 4.05. The van der Waals surface area contributed by atoms with Crippen LogP contribution >= 0.6 is 0 Å². The van der Waals surface area contributed by atoms with Crippen molar-refractivity contribution in [3.63, 3.8) is 0 Å². The van der Waals surface area contributed by atoms with Crippen molar-refractivity contribution in [3.05, 3.63) is 60.4 Å². The molecule has 0 amide bonds. The van der Waals surface area contributed by atoms with Crippen LogP contribution in [0.3, 0.4) is 0 Å². The molecule has 1 unspecified atom stereocenters. The lowest BCUT2D eigenvalue weighted by Crippen LogP contribution is -1.97. The zero-order valence-electron chi connectivity index (χ0n) is 11.1. The number of pyridine rings is 2. The molecule has 4 rings (SSSR count). The Bertz CT molecular complexity index is 892. The van der Waals surface area contributed by atoms with Crippen LogP contribution in [0.5, 0.6) is 0 Å². The third-order valence-electron chi connectivity index (χ3n) is 3.81. The maximum absolute atomic E-state index is 9.68. The first-order chi connectivity index (χ1) is 9.74. The number of nitrogens with zero attached hydrogens (tertiary/aromatic N) is 2. The van der Waals surface area contributed by atoms with Crippen LogP contribution in [0.25, 0.3) is 27.7 Å². The Morgan fingerprint density at radius 1 is 1.10 bits per heavy atom. The van der Waals surface area contributed by atoms with Gasteiger partial charge in [-0.25, -0.2) is 4.98 Å². The van der Waals surface area contributed by atoms with E-state index in [-0.39, 0.29) is 0 Å². The molecule has 0 radical (unpaired) electrons. The molecule has 98 valence electrons. The number of aliphatic hydroxyl groups is 1. The molecule has 1 aromatic heterocycles. The second-order valence-corrected chi connectivity index (χ2v) is 5.14. The molecule has 2 aliphatic rings. The van der Waals surface area contributed by atoms with Gasteiger partial charge in [0, 0.05) is 23.3 Å². The van der Waals surface area contributed by atoms with Crippen molar-refractivity contribution in [2.45, 2.75) is 13.0 Å². The molecular weight excluding hydrogens is 248 g/mol. The van der Waals surface area contributed by atoms with E-state index in [9.17, 15) is 5.11 Å². The summed E-state index contributed by atoms with van der Waals surface area (Å²) in [6, 6.07) is 14.3. The van der Waals surface area contributed by atoms with E-state index in [0.717, 1.165) is 22.3 Å². The molecule has 0 saturated heterocycles. The molecule has 1 N–H and O–H groups in total. The average Bonchev–Trinajstić information content (AvgIpc) is 2.85. The summed E-state index contributed by atoms with van der Waals surface area (Å²) in [5, 5.41) is 10.9. The average molecular weight is 262 g/mol. The third-order valence-corrected chi connectivity index (χ3v) is 3.81. The van der Waals surface area contributed by atoms with Crippen molar-refractivity contribution in [1.82, 2.24) is 9.38 Å². The van der Waals surface area contributed by atoms with Crippen LogP contribution in [0, 0.1) is 0 Å². The lowest BCUT2D eigenvalue weighted by atomic mass is 10.1. The van der Waals surface area contributed by atoms with Crippen molar-refractivity contribution in [1.29, 1.82) is 0 Å². The van der Waals surface area contributed by atoms with Crippen molar-refractivity contribution >= 4 is 16.4 Å². The molecular formula is C17H14N2O. The van der Waals surface area contributed by atoms with E-state index >= 15 is 0 Å². The predicted octanol–water partition coefficient (Wildman–Crippen LogP) is 3.65. The number of benzene rings is 1. The quantitative estimate of drug-likeness (QED) is 0.568. The largest absolute Gasteiger partial charge is 0.389 e. The van der Waals surface area contributed by atoms with Crippen LogP contribution in [0.15, 0.2) is 54.9 Å². The molecule has 0 fully saturated rings. The smallest absolute Gasteiger partial charge is 0.0956 e. The van der Waals surface area contributed by atoms with Gasteiger partial charge < -0.3 is 9.51 Å². The maximum atomic E-state index is 9.68. The first kappa shape index (κ1) is 11.4. The van der Waals surface area contributed by atoms with Gasteiger partial charge in [0.1, 0.15) is 0 Å². The minimum Gasteiger partial charge on any atom is -0.389 e. The molecule has 2 aliphatic heterocycles. The Hall–Kier alpha value is -2.39. The molecule has 3 heteroatoms. The second-order valence-electron chi connectivity index (χ2n) is 5.14. The fourth-order valence-electron chi connectivity index (χ4n) is 2.73. The van der Waals surface area contributed by atoms with Crippen molar-refractivity contribution in [3.8, 4) is 11.3 Å². The lowest BCUT2D eigenvalue weighted by Gasteiger charge is -2.10. The van der Waals surface area contributed by atoms with Crippen LogP contribution in [-0.2, 0) is 0 Å². The van der Waals surface area contributed by atoms with Gasteiger partial charge in [0.15, 0.2) is 0 Å². The topological polar surface area (TPSA) is 37.5 Å². The first-order valence-electron chi connectivity index (χ1n) is 6.71. The van der Waals surface area contributed by atoms with Gasteiger partial charge in [-0.1, -0.05) is 24.3 Å². The van der Waals surface area contributed by atoms with Crippen LogP contribution in [0.1, 0.15) is 18.6 Å². The first-order valence-corrected chi connectivity index (χ1v) is 6.71. The molecule has 1 aromatic carbocycles.